The summed E-state index contributed by atoms with van der Waals surface area (Å²) in [7, 11) is 0. The molecule has 4 rings (SSSR count). The van der Waals surface area contributed by atoms with E-state index in [4.69, 9.17) is 0 Å². The fraction of sp³-hybridized carbons (Fsp3) is 0.357. The van der Waals surface area contributed by atoms with Gasteiger partial charge in [0.1, 0.15) is 18.0 Å². The molecule has 1 saturated heterocycles. The van der Waals surface area contributed by atoms with Crippen molar-refractivity contribution in [2.24, 2.45) is 0 Å². The largest absolute Gasteiger partial charge is 0.339 e. The van der Waals surface area contributed by atoms with Gasteiger partial charge in [0.05, 0.1) is 11.9 Å². The SMILES string of the molecule is Cc1c(F)cc(/C=C/C(=O)N(Cc2cncc(Nc3ccncn3)c2)C2CCN(C(C)C)CC2)c(F)c1F. The van der Waals surface area contributed by atoms with Gasteiger partial charge in [0.25, 0.3) is 0 Å². The van der Waals surface area contributed by atoms with E-state index in [1.165, 1.54) is 19.3 Å². The highest BCUT2D eigenvalue weighted by atomic mass is 19.2. The Morgan fingerprint density at radius 1 is 1.16 bits per heavy atom. The Morgan fingerprint density at radius 2 is 1.92 bits per heavy atom. The van der Waals surface area contributed by atoms with Gasteiger partial charge in [-0.25, -0.2) is 23.1 Å². The maximum Gasteiger partial charge on any atom is 0.247 e. The number of pyridine rings is 1. The molecule has 2 aromatic heterocycles. The molecule has 10 heteroatoms. The number of hydrogen-bond donors (Lipinski definition) is 1. The van der Waals surface area contributed by atoms with Crippen molar-refractivity contribution < 1.29 is 18.0 Å². The lowest BCUT2D eigenvalue weighted by Gasteiger charge is -2.39. The molecule has 3 heterocycles. The van der Waals surface area contributed by atoms with Crippen LogP contribution >= 0.6 is 0 Å². The number of carbonyl (C=O) groups is 1. The van der Waals surface area contributed by atoms with Gasteiger partial charge < -0.3 is 15.1 Å². The van der Waals surface area contributed by atoms with Crippen molar-refractivity contribution >= 4 is 23.5 Å². The number of amides is 1. The molecule has 0 aliphatic carbocycles. The predicted octanol–water partition coefficient (Wildman–Crippen LogP) is 5.26. The second kappa shape index (κ2) is 12.2. The lowest BCUT2D eigenvalue weighted by atomic mass is 10.0. The van der Waals surface area contributed by atoms with Crippen LogP contribution in [0.2, 0.25) is 0 Å². The smallest absolute Gasteiger partial charge is 0.247 e. The third-order valence-electron chi connectivity index (χ3n) is 6.78. The van der Waals surface area contributed by atoms with Gasteiger partial charge in [-0.05, 0) is 63.5 Å². The molecule has 0 unspecified atom stereocenters. The molecule has 1 N–H and O–H groups in total. The zero-order chi connectivity index (χ0) is 27.2. The second-order valence-corrected chi connectivity index (χ2v) is 9.66. The second-order valence-electron chi connectivity index (χ2n) is 9.66. The highest BCUT2D eigenvalue weighted by molar-refractivity contribution is 5.92. The van der Waals surface area contributed by atoms with Crippen LogP contribution in [0.3, 0.4) is 0 Å². The molecule has 0 saturated carbocycles. The maximum atomic E-state index is 14.4. The molecule has 1 fully saturated rings. The molecular formula is C28H31F3N6O. The fourth-order valence-electron chi connectivity index (χ4n) is 4.53. The summed E-state index contributed by atoms with van der Waals surface area (Å²) in [5.41, 5.74) is 0.779. The van der Waals surface area contributed by atoms with Crippen molar-refractivity contribution in [3.05, 3.63) is 83.3 Å². The van der Waals surface area contributed by atoms with Gasteiger partial charge in [-0.2, -0.15) is 0 Å². The Kier molecular flexibility index (Phi) is 8.73. The molecule has 38 heavy (non-hydrogen) atoms. The minimum atomic E-state index is -1.26. The van der Waals surface area contributed by atoms with E-state index >= 15 is 0 Å². The Bertz CT molecular complexity index is 1290. The molecular weight excluding hydrogens is 493 g/mol. The van der Waals surface area contributed by atoms with Crippen molar-refractivity contribution in [3.8, 4) is 0 Å². The van der Waals surface area contributed by atoms with Gasteiger partial charge in [0.2, 0.25) is 5.91 Å². The highest BCUT2D eigenvalue weighted by Crippen LogP contribution is 2.24. The number of halogens is 3. The van der Waals surface area contributed by atoms with Gasteiger partial charge in [0.15, 0.2) is 11.6 Å². The number of benzene rings is 1. The first kappa shape index (κ1) is 27.3. The van der Waals surface area contributed by atoms with Crippen LogP contribution < -0.4 is 5.32 Å². The van der Waals surface area contributed by atoms with Crippen LogP contribution in [0.25, 0.3) is 6.08 Å². The van der Waals surface area contributed by atoms with Crippen molar-refractivity contribution in [3.63, 3.8) is 0 Å². The van der Waals surface area contributed by atoms with Crippen LogP contribution in [0.4, 0.5) is 24.7 Å². The number of piperidine rings is 1. The minimum absolute atomic E-state index is 0.0584. The molecule has 3 aromatic rings. The molecule has 7 nitrogen and oxygen atoms in total. The molecule has 200 valence electrons. The topological polar surface area (TPSA) is 74.2 Å². The number of rotatable bonds is 8. The molecule has 0 bridgehead atoms. The van der Waals surface area contributed by atoms with Crippen molar-refractivity contribution in [2.45, 2.75) is 52.2 Å². The monoisotopic (exact) mass is 524 g/mol. The first-order valence-corrected chi connectivity index (χ1v) is 12.6. The van der Waals surface area contributed by atoms with E-state index in [0.29, 0.717) is 17.5 Å². The lowest BCUT2D eigenvalue weighted by molar-refractivity contribution is -0.130. The Labute approximate surface area is 220 Å². The average Bonchev–Trinajstić information content (AvgIpc) is 2.92. The number of anilines is 2. The van der Waals surface area contributed by atoms with Crippen LogP contribution in [0.1, 0.15) is 43.4 Å². The van der Waals surface area contributed by atoms with Crippen LogP contribution in [-0.2, 0) is 11.3 Å². The highest BCUT2D eigenvalue weighted by Gasteiger charge is 2.28. The molecule has 1 aliphatic rings. The number of hydrogen-bond acceptors (Lipinski definition) is 6. The van der Waals surface area contributed by atoms with E-state index in [2.05, 4.69) is 39.0 Å². The molecule has 1 amide bonds. The number of likely N-dealkylation sites (tertiary alicyclic amines) is 1. The maximum absolute atomic E-state index is 14.4. The number of aromatic nitrogens is 3. The Morgan fingerprint density at radius 3 is 2.61 bits per heavy atom. The van der Waals surface area contributed by atoms with Gasteiger partial charge in [0, 0.05) is 61.3 Å². The molecule has 0 atom stereocenters. The predicted molar refractivity (Wildman–Crippen MR) is 140 cm³/mol. The van der Waals surface area contributed by atoms with Crippen molar-refractivity contribution in [1.29, 1.82) is 0 Å². The summed E-state index contributed by atoms with van der Waals surface area (Å²) >= 11 is 0. The Hall–Kier alpha value is -3.79. The van der Waals surface area contributed by atoms with Gasteiger partial charge in [-0.1, -0.05) is 0 Å². The van der Waals surface area contributed by atoms with Gasteiger partial charge in [-0.3, -0.25) is 9.78 Å². The zero-order valence-electron chi connectivity index (χ0n) is 21.7. The minimum Gasteiger partial charge on any atom is -0.339 e. The van der Waals surface area contributed by atoms with Crippen LogP contribution in [0.15, 0.2) is 49.2 Å². The molecule has 1 aliphatic heterocycles. The standard InChI is InChI=1S/C28H31F3N6O/c1-18(2)36-10-7-23(8-11-36)37(26(38)5-4-21-13-24(29)19(3)27(30)28(21)31)16-20-12-22(15-33-14-20)35-25-6-9-32-17-34-25/h4-6,9,12-15,17-18,23H,7-8,10-11,16H2,1-3H3,(H,32,34,35)/b5-4+. The van der Waals surface area contributed by atoms with E-state index in [0.717, 1.165) is 43.6 Å². The van der Waals surface area contributed by atoms with E-state index < -0.39 is 23.0 Å². The summed E-state index contributed by atoms with van der Waals surface area (Å²) in [5.74, 6) is -3.07. The molecule has 0 spiro atoms. The normalized spacial score (nSPS) is 14.8. The number of nitrogens with one attached hydrogen (secondary N) is 1. The summed E-state index contributed by atoms with van der Waals surface area (Å²) in [6, 6.07) is 4.85. The van der Waals surface area contributed by atoms with Crippen molar-refractivity contribution in [2.75, 3.05) is 18.4 Å². The Balaban J connectivity index is 1.57. The summed E-state index contributed by atoms with van der Waals surface area (Å²) in [5, 5.41) is 3.16. The average molecular weight is 525 g/mol. The summed E-state index contributed by atoms with van der Waals surface area (Å²) in [4.78, 5) is 29.9. The fourth-order valence-corrected chi connectivity index (χ4v) is 4.53. The molecule has 0 radical (unpaired) electrons. The third kappa shape index (κ3) is 6.55. The van der Waals surface area contributed by atoms with Gasteiger partial charge in [-0.15, -0.1) is 0 Å². The van der Waals surface area contributed by atoms with Crippen LogP contribution in [0, 0.1) is 24.4 Å². The van der Waals surface area contributed by atoms with E-state index in [-0.39, 0.29) is 24.1 Å². The first-order valence-electron chi connectivity index (χ1n) is 12.6. The van der Waals surface area contributed by atoms with E-state index in [1.54, 1.807) is 29.6 Å². The molecule has 1 aromatic carbocycles. The lowest BCUT2D eigenvalue weighted by Crippen LogP contribution is -2.48. The summed E-state index contributed by atoms with van der Waals surface area (Å²) < 4.78 is 42.4. The van der Waals surface area contributed by atoms with Crippen LogP contribution in [0.5, 0.6) is 0 Å². The zero-order valence-corrected chi connectivity index (χ0v) is 21.7. The van der Waals surface area contributed by atoms with E-state index in [9.17, 15) is 18.0 Å². The van der Waals surface area contributed by atoms with Crippen LogP contribution in [-0.4, -0.2) is 55.8 Å². The third-order valence-corrected chi connectivity index (χ3v) is 6.78. The van der Waals surface area contributed by atoms with E-state index in [1.807, 2.05) is 6.07 Å². The summed E-state index contributed by atoms with van der Waals surface area (Å²) in [6.45, 7) is 7.39. The quantitative estimate of drug-likeness (QED) is 0.320. The van der Waals surface area contributed by atoms with Crippen molar-refractivity contribution in [1.82, 2.24) is 24.8 Å². The first-order chi connectivity index (χ1) is 18.2. The number of carbonyl (C=O) groups excluding carboxylic acids is 1. The summed E-state index contributed by atoms with van der Waals surface area (Å²) in [6.07, 6.45) is 10.2. The number of nitrogens with zero attached hydrogens (tertiary/aromatic N) is 5. The van der Waals surface area contributed by atoms with Gasteiger partial charge >= 0.3 is 0 Å².